The Morgan fingerprint density at radius 1 is 0.962 bits per heavy atom. The number of benzene rings is 2. The van der Waals surface area contributed by atoms with Gasteiger partial charge in [0.1, 0.15) is 29.3 Å². The summed E-state index contributed by atoms with van der Waals surface area (Å²) in [7, 11) is 0. The maximum Gasteiger partial charge on any atom is 0.164 e. The number of rotatable bonds is 5. The van der Waals surface area contributed by atoms with Crippen molar-refractivity contribution in [2.45, 2.75) is 6.54 Å². The zero-order valence-corrected chi connectivity index (χ0v) is 14.2. The van der Waals surface area contributed by atoms with E-state index >= 15 is 0 Å². The average molecular weight is 347 g/mol. The standard InChI is InChI=1S/C19H18N6O/c20-10-11-25-19-16(18(21)22-12-23-19)17(24-25)13-6-8-15(9-7-13)26-14-4-2-1-3-5-14/h1-9,12H,10-11,20H2,(H2,21,22,23)/p+1. The van der Waals surface area contributed by atoms with E-state index in [0.717, 1.165) is 33.8 Å². The number of ether oxygens (including phenoxy) is 1. The molecule has 0 atom stereocenters. The van der Waals surface area contributed by atoms with Crippen molar-refractivity contribution in [1.29, 1.82) is 0 Å². The minimum absolute atomic E-state index is 0.421. The lowest BCUT2D eigenvalue weighted by Crippen LogP contribution is -2.52. The van der Waals surface area contributed by atoms with E-state index < -0.39 is 0 Å². The van der Waals surface area contributed by atoms with Gasteiger partial charge in [-0.3, -0.25) is 0 Å². The Bertz CT molecular complexity index is 1030. The molecule has 2 aromatic carbocycles. The molecule has 7 heteroatoms. The van der Waals surface area contributed by atoms with E-state index in [1.54, 1.807) is 0 Å². The molecule has 26 heavy (non-hydrogen) atoms. The zero-order valence-electron chi connectivity index (χ0n) is 14.2. The summed E-state index contributed by atoms with van der Waals surface area (Å²) >= 11 is 0. The lowest BCUT2D eigenvalue weighted by atomic mass is 10.1. The van der Waals surface area contributed by atoms with Crippen LogP contribution in [0.15, 0.2) is 60.9 Å². The third kappa shape index (κ3) is 2.96. The smallest absolute Gasteiger partial charge is 0.164 e. The number of fused-ring (bicyclic) bond motifs is 1. The Balaban J connectivity index is 1.71. The minimum atomic E-state index is 0.421. The second kappa shape index (κ2) is 6.81. The van der Waals surface area contributed by atoms with Gasteiger partial charge in [0.25, 0.3) is 0 Å². The van der Waals surface area contributed by atoms with Crippen LogP contribution in [0.4, 0.5) is 5.82 Å². The fourth-order valence-corrected chi connectivity index (χ4v) is 2.84. The fourth-order valence-electron chi connectivity index (χ4n) is 2.84. The molecule has 0 saturated heterocycles. The highest BCUT2D eigenvalue weighted by atomic mass is 16.5. The van der Waals surface area contributed by atoms with Crippen molar-refractivity contribution in [2.75, 3.05) is 12.3 Å². The van der Waals surface area contributed by atoms with E-state index in [-0.39, 0.29) is 0 Å². The Morgan fingerprint density at radius 2 is 1.69 bits per heavy atom. The van der Waals surface area contributed by atoms with E-state index in [4.69, 9.17) is 10.5 Å². The van der Waals surface area contributed by atoms with Crippen LogP contribution in [0.2, 0.25) is 0 Å². The van der Waals surface area contributed by atoms with Gasteiger partial charge in [-0.25, -0.2) is 14.6 Å². The van der Waals surface area contributed by atoms with E-state index in [1.807, 2.05) is 59.3 Å². The lowest BCUT2D eigenvalue weighted by molar-refractivity contribution is -0.370. The highest BCUT2D eigenvalue weighted by Crippen LogP contribution is 2.31. The fraction of sp³-hybridized carbons (Fsp3) is 0.105. The van der Waals surface area contributed by atoms with Crippen molar-refractivity contribution < 1.29 is 10.5 Å². The van der Waals surface area contributed by atoms with Crippen LogP contribution < -0.4 is 16.2 Å². The first-order chi connectivity index (χ1) is 12.8. The average Bonchev–Trinajstić information content (AvgIpc) is 3.04. The Kier molecular flexibility index (Phi) is 4.20. The molecular formula is C19H19N6O+. The molecule has 4 rings (SSSR count). The second-order valence-corrected chi connectivity index (χ2v) is 5.82. The molecule has 0 radical (unpaired) electrons. The summed E-state index contributed by atoms with van der Waals surface area (Å²) in [6.45, 7) is 1.38. The molecule has 2 heterocycles. The maximum absolute atomic E-state index is 6.09. The third-order valence-corrected chi connectivity index (χ3v) is 4.04. The van der Waals surface area contributed by atoms with Crippen molar-refractivity contribution in [2.24, 2.45) is 0 Å². The van der Waals surface area contributed by atoms with Crippen LogP contribution in [-0.4, -0.2) is 26.3 Å². The second-order valence-electron chi connectivity index (χ2n) is 5.82. The van der Waals surface area contributed by atoms with Gasteiger partial charge in [-0.2, -0.15) is 5.10 Å². The van der Waals surface area contributed by atoms with Gasteiger partial charge in [-0.05, 0) is 36.4 Å². The molecule has 0 bridgehead atoms. The normalized spacial score (nSPS) is 11.0. The van der Waals surface area contributed by atoms with Crippen molar-refractivity contribution in [1.82, 2.24) is 19.7 Å². The number of hydrogen-bond acceptors (Lipinski definition) is 5. The molecule has 0 spiro atoms. The topological polar surface area (TPSA) is 106 Å². The molecule has 0 aliphatic carbocycles. The van der Waals surface area contributed by atoms with Crippen LogP contribution in [0.5, 0.6) is 11.5 Å². The first-order valence-electron chi connectivity index (χ1n) is 8.36. The highest BCUT2D eigenvalue weighted by molar-refractivity contribution is 5.98. The van der Waals surface area contributed by atoms with Crippen molar-refractivity contribution >= 4 is 16.9 Å². The minimum Gasteiger partial charge on any atom is -0.457 e. The molecule has 0 aliphatic rings. The van der Waals surface area contributed by atoms with Gasteiger partial charge in [0.15, 0.2) is 5.65 Å². The summed E-state index contributed by atoms with van der Waals surface area (Å²) in [6, 6.07) is 17.4. The lowest BCUT2D eigenvalue weighted by Gasteiger charge is -2.06. The molecule has 0 saturated carbocycles. The number of hydrogen-bond donors (Lipinski definition) is 2. The summed E-state index contributed by atoms with van der Waals surface area (Å²) in [4.78, 5) is 8.45. The van der Waals surface area contributed by atoms with Crippen LogP contribution >= 0.6 is 0 Å². The first kappa shape index (κ1) is 16.0. The number of anilines is 1. The molecule has 2 aromatic heterocycles. The molecule has 5 N–H and O–H groups in total. The molecule has 7 nitrogen and oxygen atoms in total. The number of nitrogen functional groups attached to an aromatic ring is 1. The van der Waals surface area contributed by atoms with E-state index in [9.17, 15) is 0 Å². The predicted molar refractivity (Wildman–Crippen MR) is 99.4 cm³/mol. The Labute approximate surface area is 150 Å². The number of nitrogens with two attached hydrogens (primary N) is 1. The van der Waals surface area contributed by atoms with Gasteiger partial charge in [-0.1, -0.05) is 18.2 Å². The van der Waals surface area contributed by atoms with Crippen LogP contribution in [0.25, 0.3) is 22.3 Å². The van der Waals surface area contributed by atoms with Crippen LogP contribution in [-0.2, 0) is 6.54 Å². The molecule has 0 aliphatic heterocycles. The van der Waals surface area contributed by atoms with Gasteiger partial charge in [-0.15, -0.1) is 0 Å². The number of nitrogens with zero attached hydrogens (tertiary/aromatic N) is 4. The summed E-state index contributed by atoms with van der Waals surface area (Å²) in [5.41, 5.74) is 12.4. The molecule has 0 unspecified atom stereocenters. The number of aromatic nitrogens is 4. The van der Waals surface area contributed by atoms with E-state index in [1.165, 1.54) is 6.33 Å². The van der Waals surface area contributed by atoms with Gasteiger partial charge in [0.05, 0.1) is 18.5 Å². The molecule has 130 valence electrons. The summed E-state index contributed by atoms with van der Waals surface area (Å²) in [5.74, 6) is 1.97. The highest BCUT2D eigenvalue weighted by Gasteiger charge is 2.17. The van der Waals surface area contributed by atoms with Crippen molar-refractivity contribution in [3.8, 4) is 22.8 Å². The molecule has 0 fully saturated rings. The van der Waals surface area contributed by atoms with Gasteiger partial charge >= 0.3 is 0 Å². The monoisotopic (exact) mass is 347 g/mol. The predicted octanol–water partition coefficient (Wildman–Crippen LogP) is 2.11. The molecular weight excluding hydrogens is 328 g/mol. The SMILES string of the molecule is Nc1ncnc2c1c(-c1ccc(Oc3ccccc3)cc1)nn2CC[NH3+]. The van der Waals surface area contributed by atoms with Gasteiger partial charge in [0, 0.05) is 5.56 Å². The molecule has 4 aromatic rings. The van der Waals surface area contributed by atoms with Gasteiger partial charge < -0.3 is 16.2 Å². The van der Waals surface area contributed by atoms with Crippen molar-refractivity contribution in [3.63, 3.8) is 0 Å². The van der Waals surface area contributed by atoms with Crippen LogP contribution in [0.1, 0.15) is 0 Å². The summed E-state index contributed by atoms with van der Waals surface area (Å²) < 4.78 is 7.66. The first-order valence-corrected chi connectivity index (χ1v) is 8.36. The number of quaternary nitrogens is 1. The van der Waals surface area contributed by atoms with Crippen molar-refractivity contribution in [3.05, 3.63) is 60.9 Å². The number of para-hydroxylation sites is 1. The summed E-state index contributed by atoms with van der Waals surface area (Å²) in [6.07, 6.45) is 1.46. The van der Waals surface area contributed by atoms with Crippen LogP contribution in [0.3, 0.4) is 0 Å². The van der Waals surface area contributed by atoms with E-state index in [0.29, 0.717) is 18.9 Å². The largest absolute Gasteiger partial charge is 0.457 e. The van der Waals surface area contributed by atoms with E-state index in [2.05, 4.69) is 20.8 Å². The van der Waals surface area contributed by atoms with Crippen LogP contribution in [0, 0.1) is 0 Å². The Morgan fingerprint density at radius 3 is 2.42 bits per heavy atom. The molecule has 0 amide bonds. The third-order valence-electron chi connectivity index (χ3n) is 4.04. The zero-order chi connectivity index (χ0) is 17.9. The summed E-state index contributed by atoms with van der Waals surface area (Å²) in [5, 5.41) is 5.44. The maximum atomic E-state index is 6.09. The Hall–Kier alpha value is -3.45. The van der Waals surface area contributed by atoms with Gasteiger partial charge in [0.2, 0.25) is 0 Å². The quantitative estimate of drug-likeness (QED) is 0.575.